The summed E-state index contributed by atoms with van der Waals surface area (Å²) in [7, 11) is 0. The van der Waals surface area contributed by atoms with E-state index in [0.29, 0.717) is 12.8 Å². The number of hydrogen-bond donors (Lipinski definition) is 2. The molecule has 0 aromatic heterocycles. The SMILES string of the molecule is NC(=O)CCC1=C(Cc2ccccc2)N=CCCC1Cc1cccc(O)c1. The van der Waals surface area contributed by atoms with E-state index in [2.05, 4.69) is 12.1 Å². The molecule has 0 aliphatic carbocycles. The topological polar surface area (TPSA) is 75.7 Å². The number of allylic oxidation sites excluding steroid dienone is 2. The van der Waals surface area contributed by atoms with Gasteiger partial charge in [-0.1, -0.05) is 42.5 Å². The molecule has 3 N–H and O–H groups in total. The Morgan fingerprint density at radius 1 is 1.11 bits per heavy atom. The molecule has 0 bridgehead atoms. The summed E-state index contributed by atoms with van der Waals surface area (Å²) in [6.07, 6.45) is 6.42. The highest BCUT2D eigenvalue weighted by molar-refractivity contribution is 5.74. The van der Waals surface area contributed by atoms with E-state index in [1.54, 1.807) is 6.07 Å². The van der Waals surface area contributed by atoms with Gasteiger partial charge >= 0.3 is 0 Å². The number of aromatic hydroxyl groups is 1. The maximum atomic E-state index is 11.4. The average Bonchev–Trinajstić information content (AvgIpc) is 2.83. The number of amides is 1. The maximum absolute atomic E-state index is 11.4. The number of nitrogens with two attached hydrogens (primary N) is 1. The van der Waals surface area contributed by atoms with Gasteiger partial charge < -0.3 is 10.8 Å². The number of phenolic OH excluding ortho intramolecular Hbond substituents is 1. The highest BCUT2D eigenvalue weighted by Crippen LogP contribution is 2.32. The quantitative estimate of drug-likeness (QED) is 0.775. The number of carbonyl (C=O) groups is 1. The second-order valence-corrected chi connectivity index (χ2v) is 7.06. The number of rotatable bonds is 7. The minimum Gasteiger partial charge on any atom is -0.508 e. The van der Waals surface area contributed by atoms with Gasteiger partial charge in [0.05, 0.1) is 0 Å². The van der Waals surface area contributed by atoms with Crippen LogP contribution in [0.2, 0.25) is 0 Å². The molecule has 0 spiro atoms. The van der Waals surface area contributed by atoms with Crippen molar-refractivity contribution in [2.45, 2.75) is 38.5 Å². The monoisotopic (exact) mass is 362 g/mol. The van der Waals surface area contributed by atoms with Crippen molar-refractivity contribution >= 4 is 12.1 Å². The smallest absolute Gasteiger partial charge is 0.217 e. The van der Waals surface area contributed by atoms with Crippen LogP contribution in [0.25, 0.3) is 0 Å². The lowest BCUT2D eigenvalue weighted by Crippen LogP contribution is -2.15. The van der Waals surface area contributed by atoms with Gasteiger partial charge in [0, 0.05) is 24.8 Å². The zero-order valence-electron chi connectivity index (χ0n) is 15.5. The summed E-state index contributed by atoms with van der Waals surface area (Å²) in [5, 5.41) is 9.79. The molecule has 4 nitrogen and oxygen atoms in total. The largest absolute Gasteiger partial charge is 0.508 e. The third kappa shape index (κ3) is 5.55. The molecule has 4 heteroatoms. The van der Waals surface area contributed by atoms with Gasteiger partial charge in [0.25, 0.3) is 0 Å². The third-order valence-corrected chi connectivity index (χ3v) is 5.00. The van der Waals surface area contributed by atoms with Gasteiger partial charge in [-0.2, -0.15) is 0 Å². The zero-order chi connectivity index (χ0) is 19.1. The van der Waals surface area contributed by atoms with Gasteiger partial charge in [0.1, 0.15) is 5.75 Å². The van der Waals surface area contributed by atoms with Crippen LogP contribution in [-0.2, 0) is 17.6 Å². The molecule has 0 fully saturated rings. The van der Waals surface area contributed by atoms with E-state index in [4.69, 9.17) is 10.7 Å². The van der Waals surface area contributed by atoms with Crippen LogP contribution in [0.4, 0.5) is 0 Å². The van der Waals surface area contributed by atoms with E-state index in [1.165, 1.54) is 11.1 Å². The van der Waals surface area contributed by atoms with Crippen LogP contribution in [0.15, 0.2) is 70.9 Å². The molecule has 2 aromatic rings. The number of nitrogens with zero attached hydrogens (tertiary/aromatic N) is 1. The first kappa shape index (κ1) is 18.9. The molecule has 0 saturated heterocycles. The fourth-order valence-corrected chi connectivity index (χ4v) is 3.69. The van der Waals surface area contributed by atoms with Crippen molar-refractivity contribution in [3.8, 4) is 5.75 Å². The van der Waals surface area contributed by atoms with Crippen LogP contribution in [-0.4, -0.2) is 17.2 Å². The minimum atomic E-state index is -0.286. The second kappa shape index (κ2) is 9.17. The van der Waals surface area contributed by atoms with Crippen LogP contribution in [0.5, 0.6) is 5.75 Å². The molecule has 140 valence electrons. The standard InChI is InChI=1S/C23H26N2O2/c24-23(27)12-11-21-19(14-18-8-4-10-20(26)15-18)9-5-13-25-22(21)16-17-6-2-1-3-7-17/h1-4,6-8,10,13,15,19,26H,5,9,11-12,14,16H2,(H2,24,27). The predicted molar refractivity (Wildman–Crippen MR) is 109 cm³/mol. The molecule has 1 amide bonds. The molecule has 1 heterocycles. The third-order valence-electron chi connectivity index (χ3n) is 5.00. The van der Waals surface area contributed by atoms with E-state index in [1.807, 2.05) is 42.6 Å². The molecular weight excluding hydrogens is 336 g/mol. The molecule has 1 atom stereocenters. The lowest BCUT2D eigenvalue weighted by molar-refractivity contribution is -0.118. The van der Waals surface area contributed by atoms with Gasteiger partial charge in [0.2, 0.25) is 5.91 Å². The van der Waals surface area contributed by atoms with E-state index in [9.17, 15) is 9.90 Å². The van der Waals surface area contributed by atoms with Crippen molar-refractivity contribution < 1.29 is 9.90 Å². The minimum absolute atomic E-state index is 0.282. The van der Waals surface area contributed by atoms with Crippen LogP contribution in [0.3, 0.4) is 0 Å². The lowest BCUT2D eigenvalue weighted by atomic mass is 9.84. The first-order chi connectivity index (χ1) is 13.1. The summed E-state index contributed by atoms with van der Waals surface area (Å²) in [6, 6.07) is 17.7. The van der Waals surface area contributed by atoms with Crippen molar-refractivity contribution in [2.75, 3.05) is 0 Å². The summed E-state index contributed by atoms with van der Waals surface area (Å²) in [5.41, 5.74) is 10.00. The number of carbonyl (C=O) groups excluding carboxylic acids is 1. The Bertz CT molecular complexity index is 840. The van der Waals surface area contributed by atoms with E-state index in [-0.39, 0.29) is 17.6 Å². The summed E-state index contributed by atoms with van der Waals surface area (Å²) < 4.78 is 0. The van der Waals surface area contributed by atoms with E-state index >= 15 is 0 Å². The van der Waals surface area contributed by atoms with E-state index in [0.717, 1.165) is 36.9 Å². The fourth-order valence-electron chi connectivity index (χ4n) is 3.69. The Kier molecular flexibility index (Phi) is 6.42. The second-order valence-electron chi connectivity index (χ2n) is 7.06. The summed E-state index contributed by atoms with van der Waals surface area (Å²) in [4.78, 5) is 16.2. The van der Waals surface area contributed by atoms with Crippen LogP contribution in [0.1, 0.15) is 36.8 Å². The summed E-state index contributed by atoms with van der Waals surface area (Å²) in [6.45, 7) is 0. The molecule has 1 aliphatic heterocycles. The number of hydrogen-bond acceptors (Lipinski definition) is 3. The van der Waals surface area contributed by atoms with Crippen molar-refractivity contribution in [2.24, 2.45) is 16.6 Å². The Hall–Kier alpha value is -2.88. The lowest BCUT2D eigenvalue weighted by Gasteiger charge is -2.21. The molecule has 0 saturated carbocycles. The Morgan fingerprint density at radius 3 is 2.63 bits per heavy atom. The molecule has 1 aliphatic rings. The summed E-state index contributed by atoms with van der Waals surface area (Å²) in [5.74, 6) is 0.280. The molecular formula is C23H26N2O2. The van der Waals surface area contributed by atoms with Gasteiger partial charge in [-0.25, -0.2) is 0 Å². The van der Waals surface area contributed by atoms with Crippen molar-refractivity contribution in [1.82, 2.24) is 0 Å². The molecule has 0 radical (unpaired) electrons. The predicted octanol–water partition coefficient (Wildman–Crippen LogP) is 4.18. The molecule has 1 unspecified atom stereocenters. The summed E-state index contributed by atoms with van der Waals surface area (Å²) >= 11 is 0. The van der Waals surface area contributed by atoms with Gasteiger partial charge in [-0.15, -0.1) is 0 Å². The first-order valence-electron chi connectivity index (χ1n) is 9.46. The van der Waals surface area contributed by atoms with Crippen molar-refractivity contribution in [1.29, 1.82) is 0 Å². The van der Waals surface area contributed by atoms with E-state index < -0.39 is 0 Å². The number of aliphatic imine (C=N–C) groups is 1. The Morgan fingerprint density at radius 2 is 1.89 bits per heavy atom. The maximum Gasteiger partial charge on any atom is 0.217 e. The van der Waals surface area contributed by atoms with Gasteiger partial charge in [-0.05, 0) is 60.4 Å². The molecule has 2 aromatic carbocycles. The average molecular weight is 362 g/mol. The number of primary amides is 1. The number of phenols is 1. The van der Waals surface area contributed by atoms with Crippen LogP contribution < -0.4 is 5.73 Å². The fraction of sp³-hybridized carbons (Fsp3) is 0.304. The first-order valence-corrected chi connectivity index (χ1v) is 9.46. The van der Waals surface area contributed by atoms with Crippen LogP contribution >= 0.6 is 0 Å². The van der Waals surface area contributed by atoms with Crippen LogP contribution in [0, 0.1) is 5.92 Å². The van der Waals surface area contributed by atoms with Gasteiger partial charge in [-0.3, -0.25) is 9.79 Å². The highest BCUT2D eigenvalue weighted by Gasteiger charge is 2.21. The van der Waals surface area contributed by atoms with Crippen molar-refractivity contribution in [3.05, 3.63) is 77.0 Å². The number of benzene rings is 2. The van der Waals surface area contributed by atoms with Gasteiger partial charge in [0.15, 0.2) is 0 Å². The Balaban J connectivity index is 1.91. The molecule has 27 heavy (non-hydrogen) atoms. The Labute approximate surface area is 160 Å². The normalized spacial score (nSPS) is 17.0. The zero-order valence-corrected chi connectivity index (χ0v) is 15.5. The van der Waals surface area contributed by atoms with Crippen molar-refractivity contribution in [3.63, 3.8) is 0 Å². The highest BCUT2D eigenvalue weighted by atomic mass is 16.3. The molecule has 3 rings (SSSR count).